The Kier molecular flexibility index (Phi) is 5.95. The van der Waals surface area contributed by atoms with Gasteiger partial charge in [-0.05, 0) is 56.4 Å². The first-order chi connectivity index (χ1) is 11.3. The van der Waals surface area contributed by atoms with Crippen LogP contribution in [0.1, 0.15) is 51.4 Å². The van der Waals surface area contributed by atoms with Crippen molar-refractivity contribution in [3.05, 3.63) is 11.8 Å². The highest BCUT2D eigenvalue weighted by molar-refractivity contribution is 5.91. The number of allylic oxidation sites excluding steroid dienone is 1. The van der Waals surface area contributed by atoms with Gasteiger partial charge in [-0.3, -0.25) is 4.79 Å². The van der Waals surface area contributed by atoms with Crippen LogP contribution in [0.25, 0.3) is 0 Å². The molecule has 0 spiro atoms. The first-order valence-corrected chi connectivity index (χ1v) is 9.18. The molecule has 3 rings (SSSR count). The fraction of sp³-hybridized carbons (Fsp3) is 0.833. The summed E-state index contributed by atoms with van der Waals surface area (Å²) >= 11 is 0. The van der Waals surface area contributed by atoms with Gasteiger partial charge in [-0.25, -0.2) is 0 Å². The van der Waals surface area contributed by atoms with Gasteiger partial charge >= 0.3 is 0 Å². The Bertz CT molecular complexity index is 427. The Balaban J connectivity index is 1.60. The van der Waals surface area contributed by atoms with Crippen LogP contribution in [0, 0.1) is 11.8 Å². The third-order valence-electron chi connectivity index (χ3n) is 5.30. The number of hydrogen-bond donors (Lipinski definition) is 1. The second kappa shape index (κ2) is 8.15. The van der Waals surface area contributed by atoms with Crippen LogP contribution in [0.15, 0.2) is 11.8 Å². The summed E-state index contributed by atoms with van der Waals surface area (Å²) < 4.78 is 11.7. The molecule has 0 aromatic rings. The number of carbonyl (C=O) groups excluding carboxylic acids is 1. The van der Waals surface area contributed by atoms with Crippen LogP contribution in [0.3, 0.4) is 0 Å². The summed E-state index contributed by atoms with van der Waals surface area (Å²) in [5.41, 5.74) is 0. The molecule has 1 saturated carbocycles. The standard InChI is InChI=1S/C18H29NO4/c20-10-3-4-11-22-17-13-15(14-6-5-7-14)12-16(23-17)18(21)19-8-1-2-9-19/h12,14-15,17,20H,1-11,13H2/t15-,17+/m1/s1. The van der Waals surface area contributed by atoms with E-state index in [9.17, 15) is 4.79 Å². The predicted octanol–water partition coefficient (Wildman–Crippen LogP) is 2.44. The minimum Gasteiger partial charge on any atom is -0.459 e. The van der Waals surface area contributed by atoms with E-state index in [0.29, 0.717) is 24.2 Å². The second-order valence-corrected chi connectivity index (χ2v) is 6.97. The van der Waals surface area contributed by atoms with Gasteiger partial charge in [0.25, 0.3) is 5.91 Å². The van der Waals surface area contributed by atoms with Gasteiger partial charge in [-0.2, -0.15) is 0 Å². The zero-order valence-corrected chi connectivity index (χ0v) is 13.9. The van der Waals surface area contributed by atoms with Crippen LogP contribution < -0.4 is 0 Å². The Morgan fingerprint density at radius 2 is 2.04 bits per heavy atom. The topological polar surface area (TPSA) is 59.0 Å². The van der Waals surface area contributed by atoms with Crippen LogP contribution in [0.4, 0.5) is 0 Å². The average molecular weight is 323 g/mol. The molecule has 1 aliphatic carbocycles. The van der Waals surface area contributed by atoms with E-state index in [2.05, 4.69) is 6.08 Å². The number of aliphatic hydroxyl groups is 1. The Hall–Kier alpha value is -1.07. The first kappa shape index (κ1) is 16.8. The monoisotopic (exact) mass is 323 g/mol. The molecule has 5 nitrogen and oxygen atoms in total. The number of unbranched alkanes of at least 4 members (excludes halogenated alkanes) is 1. The largest absolute Gasteiger partial charge is 0.459 e. The quantitative estimate of drug-likeness (QED) is 0.731. The molecule has 1 saturated heterocycles. The highest BCUT2D eigenvalue weighted by Gasteiger charge is 2.36. The maximum atomic E-state index is 12.6. The summed E-state index contributed by atoms with van der Waals surface area (Å²) in [7, 11) is 0. The molecule has 130 valence electrons. The van der Waals surface area contributed by atoms with E-state index in [1.54, 1.807) is 0 Å². The van der Waals surface area contributed by atoms with Gasteiger partial charge in [0.2, 0.25) is 6.29 Å². The van der Waals surface area contributed by atoms with Gasteiger partial charge in [0.05, 0.1) is 6.61 Å². The first-order valence-electron chi connectivity index (χ1n) is 9.18. The number of nitrogens with zero attached hydrogens (tertiary/aromatic N) is 1. The van der Waals surface area contributed by atoms with E-state index >= 15 is 0 Å². The molecule has 1 N–H and O–H groups in total. The molecule has 5 heteroatoms. The average Bonchev–Trinajstić information content (AvgIpc) is 3.03. The maximum absolute atomic E-state index is 12.6. The molecule has 2 atom stereocenters. The lowest BCUT2D eigenvalue weighted by Gasteiger charge is -2.37. The fourth-order valence-electron chi connectivity index (χ4n) is 3.64. The third-order valence-corrected chi connectivity index (χ3v) is 5.30. The zero-order chi connectivity index (χ0) is 16.1. The van der Waals surface area contributed by atoms with Crippen molar-refractivity contribution in [2.24, 2.45) is 11.8 Å². The van der Waals surface area contributed by atoms with E-state index in [-0.39, 0.29) is 18.8 Å². The lowest BCUT2D eigenvalue weighted by molar-refractivity contribution is -0.157. The number of rotatable bonds is 7. The van der Waals surface area contributed by atoms with Crippen molar-refractivity contribution < 1.29 is 19.4 Å². The summed E-state index contributed by atoms with van der Waals surface area (Å²) in [6.45, 7) is 2.46. The van der Waals surface area contributed by atoms with Crippen molar-refractivity contribution in [1.82, 2.24) is 4.90 Å². The Morgan fingerprint density at radius 3 is 2.70 bits per heavy atom. The van der Waals surface area contributed by atoms with Crippen LogP contribution in [0.2, 0.25) is 0 Å². The smallest absolute Gasteiger partial charge is 0.288 e. The van der Waals surface area contributed by atoms with Gasteiger partial charge in [0.1, 0.15) is 0 Å². The predicted molar refractivity (Wildman–Crippen MR) is 86.5 cm³/mol. The van der Waals surface area contributed by atoms with Gasteiger partial charge in [-0.15, -0.1) is 0 Å². The number of amides is 1. The highest BCUT2D eigenvalue weighted by atomic mass is 16.7. The van der Waals surface area contributed by atoms with Crippen LogP contribution in [0.5, 0.6) is 0 Å². The van der Waals surface area contributed by atoms with Gasteiger partial charge in [0.15, 0.2) is 5.76 Å². The molecule has 2 fully saturated rings. The summed E-state index contributed by atoms with van der Waals surface area (Å²) in [5.74, 6) is 1.63. The van der Waals surface area contributed by atoms with Crippen LogP contribution >= 0.6 is 0 Å². The van der Waals surface area contributed by atoms with Crippen molar-refractivity contribution in [2.75, 3.05) is 26.3 Å². The maximum Gasteiger partial charge on any atom is 0.288 e. The number of hydrogen-bond acceptors (Lipinski definition) is 4. The van der Waals surface area contributed by atoms with Crippen LogP contribution in [-0.2, 0) is 14.3 Å². The van der Waals surface area contributed by atoms with E-state index in [4.69, 9.17) is 14.6 Å². The van der Waals surface area contributed by atoms with E-state index in [1.807, 2.05) is 4.90 Å². The minimum absolute atomic E-state index is 0.0375. The highest BCUT2D eigenvalue weighted by Crippen LogP contribution is 2.40. The van der Waals surface area contributed by atoms with E-state index in [0.717, 1.165) is 45.2 Å². The minimum atomic E-state index is -0.314. The molecule has 2 heterocycles. The molecular weight excluding hydrogens is 294 g/mol. The molecule has 0 bridgehead atoms. The normalized spacial score (nSPS) is 28.2. The summed E-state index contributed by atoms with van der Waals surface area (Å²) in [6.07, 6.45) is 10.2. The van der Waals surface area contributed by atoms with Crippen molar-refractivity contribution in [3.63, 3.8) is 0 Å². The van der Waals surface area contributed by atoms with Gasteiger partial charge in [0, 0.05) is 26.1 Å². The van der Waals surface area contributed by atoms with E-state index < -0.39 is 0 Å². The molecule has 2 aliphatic heterocycles. The Morgan fingerprint density at radius 1 is 1.26 bits per heavy atom. The van der Waals surface area contributed by atoms with Crippen molar-refractivity contribution in [1.29, 1.82) is 0 Å². The summed E-state index contributed by atoms with van der Waals surface area (Å²) in [6, 6.07) is 0. The van der Waals surface area contributed by atoms with Crippen molar-refractivity contribution in [3.8, 4) is 0 Å². The molecule has 0 aromatic carbocycles. The number of carbonyl (C=O) groups is 1. The SMILES string of the molecule is O=C(C1=C[C@@H](C2CCC2)C[C@@H](OCCCCO)O1)N1CCCC1. The van der Waals surface area contributed by atoms with Gasteiger partial charge < -0.3 is 19.5 Å². The molecule has 0 aromatic heterocycles. The fourth-order valence-corrected chi connectivity index (χ4v) is 3.64. The van der Waals surface area contributed by atoms with Gasteiger partial charge in [-0.1, -0.05) is 6.42 Å². The third kappa shape index (κ3) is 4.27. The number of aliphatic hydroxyl groups excluding tert-OH is 1. The molecular formula is C18H29NO4. The molecule has 3 aliphatic rings. The zero-order valence-electron chi connectivity index (χ0n) is 13.9. The van der Waals surface area contributed by atoms with E-state index in [1.165, 1.54) is 19.3 Å². The number of likely N-dealkylation sites (tertiary alicyclic amines) is 1. The lowest BCUT2D eigenvalue weighted by Crippen LogP contribution is -2.37. The molecule has 1 amide bonds. The molecule has 0 unspecified atom stereocenters. The van der Waals surface area contributed by atoms with Crippen molar-refractivity contribution >= 4 is 5.91 Å². The second-order valence-electron chi connectivity index (χ2n) is 6.97. The Labute approximate surface area is 138 Å². The van der Waals surface area contributed by atoms with Crippen LogP contribution in [-0.4, -0.2) is 48.5 Å². The molecule has 0 radical (unpaired) electrons. The lowest BCUT2D eigenvalue weighted by atomic mass is 9.73. The summed E-state index contributed by atoms with van der Waals surface area (Å²) in [5, 5.41) is 8.85. The number of ether oxygens (including phenoxy) is 2. The molecule has 23 heavy (non-hydrogen) atoms. The van der Waals surface area contributed by atoms with Crippen molar-refractivity contribution in [2.45, 2.75) is 57.7 Å². The summed E-state index contributed by atoms with van der Waals surface area (Å²) in [4.78, 5) is 14.5.